The topological polar surface area (TPSA) is 34.1 Å². The number of nitrogens with zero attached hydrogens (tertiary/aromatic N) is 1. The van der Waals surface area contributed by atoms with Gasteiger partial charge < -0.3 is 10.1 Å². The van der Waals surface area contributed by atoms with Gasteiger partial charge in [0.05, 0.1) is 11.7 Å². The van der Waals surface area contributed by atoms with Gasteiger partial charge in [-0.3, -0.25) is 4.98 Å². The van der Waals surface area contributed by atoms with Gasteiger partial charge in [-0.05, 0) is 31.0 Å². The highest BCUT2D eigenvalue weighted by molar-refractivity contribution is 5.20. The lowest BCUT2D eigenvalue weighted by Gasteiger charge is -2.20. The molecule has 1 aliphatic carbocycles. The molecular formula is C12H18N2O. The SMILES string of the molecule is CN[C@]1(COc2cccnc2)CC1(C)C. The molecule has 1 aromatic heterocycles. The Morgan fingerprint density at radius 2 is 2.27 bits per heavy atom. The first kappa shape index (κ1) is 10.4. The molecule has 1 heterocycles. The maximum absolute atomic E-state index is 5.73. The lowest BCUT2D eigenvalue weighted by molar-refractivity contribution is 0.231. The highest BCUT2D eigenvalue weighted by Crippen LogP contribution is 2.55. The molecule has 2 rings (SSSR count). The zero-order valence-electron chi connectivity index (χ0n) is 9.58. The summed E-state index contributed by atoms with van der Waals surface area (Å²) >= 11 is 0. The van der Waals surface area contributed by atoms with Gasteiger partial charge >= 0.3 is 0 Å². The Bertz CT molecular complexity index is 337. The van der Waals surface area contributed by atoms with Crippen LogP contribution in [0.4, 0.5) is 0 Å². The monoisotopic (exact) mass is 206 g/mol. The van der Waals surface area contributed by atoms with E-state index in [9.17, 15) is 0 Å². The van der Waals surface area contributed by atoms with E-state index in [4.69, 9.17) is 4.74 Å². The molecule has 0 unspecified atom stereocenters. The van der Waals surface area contributed by atoms with E-state index >= 15 is 0 Å². The Labute approximate surface area is 90.9 Å². The quantitative estimate of drug-likeness (QED) is 0.816. The van der Waals surface area contributed by atoms with Crippen LogP contribution in [-0.4, -0.2) is 24.2 Å². The van der Waals surface area contributed by atoms with E-state index in [1.54, 1.807) is 12.4 Å². The largest absolute Gasteiger partial charge is 0.490 e. The van der Waals surface area contributed by atoms with E-state index in [-0.39, 0.29) is 5.54 Å². The van der Waals surface area contributed by atoms with Gasteiger partial charge in [0, 0.05) is 6.20 Å². The summed E-state index contributed by atoms with van der Waals surface area (Å²) in [6, 6.07) is 3.82. The predicted molar refractivity (Wildman–Crippen MR) is 59.9 cm³/mol. The molecule has 1 aliphatic rings. The Balaban J connectivity index is 1.94. The van der Waals surface area contributed by atoms with Crippen LogP contribution in [0.1, 0.15) is 20.3 Å². The molecule has 1 saturated carbocycles. The summed E-state index contributed by atoms with van der Waals surface area (Å²) in [4.78, 5) is 4.02. The molecule has 1 N–H and O–H groups in total. The average molecular weight is 206 g/mol. The van der Waals surface area contributed by atoms with Crippen LogP contribution in [0.3, 0.4) is 0 Å². The van der Waals surface area contributed by atoms with Crippen molar-refractivity contribution in [3.05, 3.63) is 24.5 Å². The first-order valence-electron chi connectivity index (χ1n) is 5.31. The van der Waals surface area contributed by atoms with Crippen molar-refractivity contribution in [1.82, 2.24) is 10.3 Å². The van der Waals surface area contributed by atoms with Crippen molar-refractivity contribution in [3.63, 3.8) is 0 Å². The van der Waals surface area contributed by atoms with Gasteiger partial charge in [-0.1, -0.05) is 13.8 Å². The number of hydrogen-bond acceptors (Lipinski definition) is 3. The van der Waals surface area contributed by atoms with Crippen LogP contribution in [-0.2, 0) is 0 Å². The van der Waals surface area contributed by atoms with E-state index in [0.717, 1.165) is 12.2 Å². The molecule has 15 heavy (non-hydrogen) atoms. The number of aromatic nitrogens is 1. The van der Waals surface area contributed by atoms with Crippen LogP contribution in [0.25, 0.3) is 0 Å². The summed E-state index contributed by atoms with van der Waals surface area (Å²) in [5.41, 5.74) is 0.479. The Kier molecular flexibility index (Phi) is 2.43. The molecule has 0 amide bonds. The van der Waals surface area contributed by atoms with Gasteiger partial charge in [0.15, 0.2) is 0 Å². The fourth-order valence-corrected chi connectivity index (χ4v) is 2.09. The minimum absolute atomic E-state index is 0.142. The highest BCUT2D eigenvalue weighted by Gasteiger charge is 2.60. The van der Waals surface area contributed by atoms with Crippen LogP contribution in [0, 0.1) is 5.41 Å². The Morgan fingerprint density at radius 1 is 1.53 bits per heavy atom. The number of hydrogen-bond donors (Lipinski definition) is 1. The lowest BCUT2D eigenvalue weighted by Crippen LogP contribution is -2.38. The lowest BCUT2D eigenvalue weighted by atomic mass is 10.1. The first-order chi connectivity index (χ1) is 7.10. The van der Waals surface area contributed by atoms with Gasteiger partial charge in [0.1, 0.15) is 12.4 Å². The molecule has 3 nitrogen and oxygen atoms in total. The molecule has 1 aromatic rings. The van der Waals surface area contributed by atoms with E-state index in [2.05, 4.69) is 24.1 Å². The van der Waals surface area contributed by atoms with Crippen LogP contribution < -0.4 is 10.1 Å². The van der Waals surface area contributed by atoms with Crippen molar-refractivity contribution < 1.29 is 4.74 Å². The average Bonchev–Trinajstić information content (AvgIpc) is 2.80. The normalized spacial score (nSPS) is 27.4. The summed E-state index contributed by atoms with van der Waals surface area (Å²) in [6.07, 6.45) is 4.66. The summed E-state index contributed by atoms with van der Waals surface area (Å²) in [7, 11) is 2.00. The van der Waals surface area contributed by atoms with Crippen molar-refractivity contribution in [1.29, 1.82) is 0 Å². The second-order valence-electron chi connectivity index (χ2n) is 4.87. The van der Waals surface area contributed by atoms with Gasteiger partial charge in [-0.15, -0.1) is 0 Å². The zero-order chi connectivity index (χ0) is 10.9. The van der Waals surface area contributed by atoms with Crippen molar-refractivity contribution in [2.24, 2.45) is 5.41 Å². The van der Waals surface area contributed by atoms with E-state index in [0.29, 0.717) is 12.0 Å². The molecule has 0 aromatic carbocycles. The predicted octanol–water partition coefficient (Wildman–Crippen LogP) is 1.85. The fourth-order valence-electron chi connectivity index (χ4n) is 2.09. The standard InChI is InChI=1S/C12H18N2O/c1-11(2)8-12(11,13-3)9-15-10-5-4-6-14-7-10/h4-7,13H,8-9H2,1-3H3/t12-/m0/s1. The summed E-state index contributed by atoms with van der Waals surface area (Å²) in [5, 5.41) is 3.37. The maximum atomic E-state index is 5.73. The van der Waals surface area contributed by atoms with Gasteiger partial charge in [-0.2, -0.15) is 0 Å². The number of nitrogens with one attached hydrogen (secondary N) is 1. The molecule has 1 atom stereocenters. The molecular weight excluding hydrogens is 188 g/mol. The van der Waals surface area contributed by atoms with Crippen LogP contribution in [0.15, 0.2) is 24.5 Å². The van der Waals surface area contributed by atoms with Crippen molar-refractivity contribution in [2.75, 3.05) is 13.7 Å². The molecule has 0 bridgehead atoms. The minimum Gasteiger partial charge on any atom is -0.490 e. The smallest absolute Gasteiger partial charge is 0.137 e. The molecule has 3 heteroatoms. The van der Waals surface area contributed by atoms with Gasteiger partial charge in [0.25, 0.3) is 0 Å². The van der Waals surface area contributed by atoms with Crippen molar-refractivity contribution in [2.45, 2.75) is 25.8 Å². The van der Waals surface area contributed by atoms with E-state index in [1.165, 1.54) is 0 Å². The van der Waals surface area contributed by atoms with Crippen molar-refractivity contribution >= 4 is 0 Å². The molecule has 1 fully saturated rings. The minimum atomic E-state index is 0.142. The second-order valence-corrected chi connectivity index (χ2v) is 4.87. The van der Waals surface area contributed by atoms with E-state index < -0.39 is 0 Å². The second kappa shape index (κ2) is 3.49. The Morgan fingerprint density at radius 3 is 2.73 bits per heavy atom. The van der Waals surface area contributed by atoms with Crippen molar-refractivity contribution in [3.8, 4) is 5.75 Å². The third kappa shape index (κ3) is 1.84. The van der Waals surface area contributed by atoms with Crippen LogP contribution >= 0.6 is 0 Å². The number of pyridine rings is 1. The summed E-state index contributed by atoms with van der Waals surface area (Å²) in [6.45, 7) is 5.23. The number of likely N-dealkylation sites (N-methyl/N-ethyl adjacent to an activating group) is 1. The van der Waals surface area contributed by atoms with E-state index in [1.807, 2.05) is 19.2 Å². The zero-order valence-corrected chi connectivity index (χ0v) is 9.58. The fraction of sp³-hybridized carbons (Fsp3) is 0.583. The molecule has 0 radical (unpaired) electrons. The van der Waals surface area contributed by atoms with Crippen LogP contribution in [0.5, 0.6) is 5.75 Å². The summed E-state index contributed by atoms with van der Waals surface area (Å²) in [5.74, 6) is 0.842. The third-order valence-corrected chi connectivity index (χ3v) is 3.51. The summed E-state index contributed by atoms with van der Waals surface area (Å²) < 4.78 is 5.73. The number of rotatable bonds is 4. The molecule has 0 spiro atoms. The highest BCUT2D eigenvalue weighted by atomic mass is 16.5. The molecule has 82 valence electrons. The van der Waals surface area contributed by atoms with Gasteiger partial charge in [-0.25, -0.2) is 0 Å². The van der Waals surface area contributed by atoms with Crippen LogP contribution in [0.2, 0.25) is 0 Å². The maximum Gasteiger partial charge on any atom is 0.137 e. The first-order valence-corrected chi connectivity index (χ1v) is 5.31. The number of ether oxygens (including phenoxy) is 1. The molecule has 0 saturated heterocycles. The Hall–Kier alpha value is -1.09. The van der Waals surface area contributed by atoms with Gasteiger partial charge in [0.2, 0.25) is 0 Å². The molecule has 0 aliphatic heterocycles. The third-order valence-electron chi connectivity index (χ3n) is 3.51.